The Labute approximate surface area is 89.0 Å². The van der Waals surface area contributed by atoms with Gasteiger partial charge in [-0.3, -0.25) is 0 Å². The maximum atomic E-state index is 3.75. The van der Waals surface area contributed by atoms with Crippen LogP contribution in [0.3, 0.4) is 0 Å². The molecular formula is C13H25N. The lowest BCUT2D eigenvalue weighted by molar-refractivity contribution is 0.424. The number of hydrogen-bond donors (Lipinski definition) is 1. The first-order valence-corrected chi connectivity index (χ1v) is 6.06. The third-order valence-corrected chi connectivity index (χ3v) is 3.36. The summed E-state index contributed by atoms with van der Waals surface area (Å²) in [5, 5.41) is 3.63. The van der Waals surface area contributed by atoms with Gasteiger partial charge in [0.1, 0.15) is 0 Å². The number of nitrogens with one attached hydrogen (secondary N) is 1. The average molecular weight is 195 g/mol. The van der Waals surface area contributed by atoms with Crippen LogP contribution in [0, 0.1) is 11.8 Å². The summed E-state index contributed by atoms with van der Waals surface area (Å²) in [5.74, 6) is 1.90. The van der Waals surface area contributed by atoms with Crippen LogP contribution in [-0.4, -0.2) is 12.6 Å². The van der Waals surface area contributed by atoms with Crippen LogP contribution in [0.5, 0.6) is 0 Å². The van der Waals surface area contributed by atoms with Gasteiger partial charge in [-0.1, -0.05) is 19.4 Å². The second-order valence-corrected chi connectivity index (χ2v) is 4.96. The van der Waals surface area contributed by atoms with Crippen molar-refractivity contribution in [2.45, 2.75) is 52.0 Å². The minimum Gasteiger partial charge on any atom is -0.314 e. The van der Waals surface area contributed by atoms with Gasteiger partial charge in [-0.15, -0.1) is 6.58 Å². The molecule has 1 aliphatic carbocycles. The lowest BCUT2D eigenvalue weighted by Gasteiger charge is -2.16. The van der Waals surface area contributed by atoms with Gasteiger partial charge in [0.25, 0.3) is 0 Å². The molecule has 1 aliphatic rings. The quantitative estimate of drug-likeness (QED) is 0.641. The largest absolute Gasteiger partial charge is 0.314 e. The summed E-state index contributed by atoms with van der Waals surface area (Å²) in [6.07, 6.45) is 8.67. The van der Waals surface area contributed by atoms with Gasteiger partial charge >= 0.3 is 0 Å². The highest BCUT2D eigenvalue weighted by molar-refractivity contribution is 4.77. The highest BCUT2D eigenvalue weighted by Gasteiger charge is 2.20. The number of rotatable bonds is 6. The molecular weight excluding hydrogens is 170 g/mol. The zero-order valence-corrected chi connectivity index (χ0v) is 9.76. The second kappa shape index (κ2) is 6.23. The molecule has 3 unspecified atom stereocenters. The Morgan fingerprint density at radius 2 is 2.29 bits per heavy atom. The van der Waals surface area contributed by atoms with Gasteiger partial charge in [0.2, 0.25) is 0 Å². The van der Waals surface area contributed by atoms with Crippen molar-refractivity contribution in [1.29, 1.82) is 0 Å². The van der Waals surface area contributed by atoms with Crippen LogP contribution in [0.25, 0.3) is 0 Å². The molecule has 0 aromatic rings. The van der Waals surface area contributed by atoms with Gasteiger partial charge in [0.05, 0.1) is 0 Å². The summed E-state index contributed by atoms with van der Waals surface area (Å²) in [7, 11) is 0. The fourth-order valence-electron chi connectivity index (χ4n) is 2.35. The first-order valence-electron chi connectivity index (χ1n) is 6.06. The van der Waals surface area contributed by atoms with Gasteiger partial charge < -0.3 is 5.32 Å². The molecule has 1 N–H and O–H groups in total. The van der Waals surface area contributed by atoms with Crippen molar-refractivity contribution in [3.63, 3.8) is 0 Å². The van der Waals surface area contributed by atoms with Crippen molar-refractivity contribution in [2.75, 3.05) is 6.54 Å². The molecule has 0 aliphatic heterocycles. The standard InChI is InChI=1S/C13H25N/c1-4-5-6-12(3)14-10-13-8-7-11(2)9-13/h4,11-14H,1,5-10H2,2-3H3. The summed E-state index contributed by atoms with van der Waals surface area (Å²) in [5.41, 5.74) is 0. The molecule has 1 heteroatoms. The number of allylic oxidation sites excluding steroid dienone is 1. The molecule has 0 amide bonds. The first kappa shape index (κ1) is 11.8. The lowest BCUT2D eigenvalue weighted by atomic mass is 10.1. The Morgan fingerprint density at radius 3 is 2.86 bits per heavy atom. The summed E-state index contributed by atoms with van der Waals surface area (Å²) < 4.78 is 0. The SMILES string of the molecule is C=CCCC(C)NCC1CCC(C)C1. The van der Waals surface area contributed by atoms with Crippen molar-refractivity contribution in [3.05, 3.63) is 12.7 Å². The van der Waals surface area contributed by atoms with E-state index in [0.29, 0.717) is 6.04 Å². The lowest BCUT2D eigenvalue weighted by Crippen LogP contribution is -2.30. The van der Waals surface area contributed by atoms with E-state index in [9.17, 15) is 0 Å². The molecule has 14 heavy (non-hydrogen) atoms. The van der Waals surface area contributed by atoms with E-state index in [4.69, 9.17) is 0 Å². The predicted molar refractivity (Wildman–Crippen MR) is 63.4 cm³/mol. The normalized spacial score (nSPS) is 29.0. The van der Waals surface area contributed by atoms with E-state index >= 15 is 0 Å². The maximum Gasteiger partial charge on any atom is 0.00417 e. The minimum absolute atomic E-state index is 0.656. The van der Waals surface area contributed by atoms with E-state index in [0.717, 1.165) is 18.3 Å². The van der Waals surface area contributed by atoms with E-state index in [-0.39, 0.29) is 0 Å². The van der Waals surface area contributed by atoms with Gasteiger partial charge in [0.15, 0.2) is 0 Å². The van der Waals surface area contributed by atoms with Crippen molar-refractivity contribution >= 4 is 0 Å². The molecule has 0 heterocycles. The van der Waals surface area contributed by atoms with Gasteiger partial charge in [-0.05, 0) is 51.0 Å². The van der Waals surface area contributed by atoms with Crippen molar-refractivity contribution in [2.24, 2.45) is 11.8 Å². The number of hydrogen-bond acceptors (Lipinski definition) is 1. The van der Waals surface area contributed by atoms with Crippen LogP contribution in [0.1, 0.15) is 46.0 Å². The Bertz CT molecular complexity index is 165. The Hall–Kier alpha value is -0.300. The van der Waals surface area contributed by atoms with Gasteiger partial charge in [-0.2, -0.15) is 0 Å². The van der Waals surface area contributed by atoms with Crippen molar-refractivity contribution < 1.29 is 0 Å². The molecule has 1 nitrogen and oxygen atoms in total. The monoisotopic (exact) mass is 195 g/mol. The summed E-state index contributed by atoms with van der Waals surface area (Å²) in [6, 6.07) is 0.656. The maximum absolute atomic E-state index is 3.75. The molecule has 1 saturated carbocycles. The van der Waals surface area contributed by atoms with Crippen LogP contribution >= 0.6 is 0 Å². The fourth-order valence-corrected chi connectivity index (χ4v) is 2.35. The summed E-state index contributed by atoms with van der Waals surface area (Å²) >= 11 is 0. The Kier molecular flexibility index (Phi) is 5.24. The van der Waals surface area contributed by atoms with E-state index in [2.05, 4.69) is 25.7 Å². The van der Waals surface area contributed by atoms with Crippen molar-refractivity contribution in [1.82, 2.24) is 5.32 Å². The van der Waals surface area contributed by atoms with E-state index in [1.807, 2.05) is 6.08 Å². The zero-order chi connectivity index (χ0) is 10.4. The molecule has 0 spiro atoms. The molecule has 0 saturated heterocycles. The smallest absolute Gasteiger partial charge is 0.00417 e. The molecule has 3 atom stereocenters. The van der Waals surface area contributed by atoms with Crippen molar-refractivity contribution in [3.8, 4) is 0 Å². The third-order valence-electron chi connectivity index (χ3n) is 3.36. The summed E-state index contributed by atoms with van der Waals surface area (Å²) in [6.45, 7) is 9.63. The van der Waals surface area contributed by atoms with Crippen LogP contribution in [0.4, 0.5) is 0 Å². The average Bonchev–Trinajstić information content (AvgIpc) is 2.58. The molecule has 0 bridgehead atoms. The second-order valence-electron chi connectivity index (χ2n) is 4.96. The van der Waals surface area contributed by atoms with E-state index < -0.39 is 0 Å². The van der Waals surface area contributed by atoms with E-state index in [1.54, 1.807) is 0 Å². The molecule has 0 aromatic carbocycles. The minimum atomic E-state index is 0.656. The summed E-state index contributed by atoms with van der Waals surface area (Å²) in [4.78, 5) is 0. The van der Waals surface area contributed by atoms with Crippen LogP contribution in [0.15, 0.2) is 12.7 Å². The highest BCUT2D eigenvalue weighted by atomic mass is 14.9. The predicted octanol–water partition coefficient (Wildman–Crippen LogP) is 3.37. The topological polar surface area (TPSA) is 12.0 Å². The first-order chi connectivity index (χ1) is 6.72. The van der Waals surface area contributed by atoms with E-state index in [1.165, 1.54) is 32.2 Å². The molecule has 1 fully saturated rings. The van der Waals surface area contributed by atoms with Crippen LogP contribution in [0.2, 0.25) is 0 Å². The highest BCUT2D eigenvalue weighted by Crippen LogP contribution is 2.29. The van der Waals surface area contributed by atoms with Crippen LogP contribution in [-0.2, 0) is 0 Å². The molecule has 0 radical (unpaired) electrons. The zero-order valence-electron chi connectivity index (χ0n) is 9.76. The fraction of sp³-hybridized carbons (Fsp3) is 0.846. The van der Waals surface area contributed by atoms with Gasteiger partial charge in [-0.25, -0.2) is 0 Å². The molecule has 0 aromatic heterocycles. The molecule has 82 valence electrons. The Balaban J connectivity index is 2.04. The van der Waals surface area contributed by atoms with Crippen LogP contribution < -0.4 is 5.32 Å². The van der Waals surface area contributed by atoms with Gasteiger partial charge in [0, 0.05) is 6.04 Å². The molecule has 1 rings (SSSR count). The third kappa shape index (κ3) is 4.28. The Morgan fingerprint density at radius 1 is 1.50 bits per heavy atom.